The van der Waals surface area contributed by atoms with Crippen LogP contribution in [0.1, 0.15) is 27.3 Å². The monoisotopic (exact) mass is 314 g/mol. The van der Waals surface area contributed by atoms with Gasteiger partial charge < -0.3 is 15.0 Å². The summed E-state index contributed by atoms with van der Waals surface area (Å²) in [6.45, 7) is 3.81. The number of aryl methyl sites for hydroxylation is 1. The number of primary amides is 1. The number of carbonyl (C=O) groups is 2. The molecule has 120 valence electrons. The highest BCUT2D eigenvalue weighted by Gasteiger charge is 2.16. The van der Waals surface area contributed by atoms with Crippen LogP contribution in [0.5, 0.6) is 0 Å². The van der Waals surface area contributed by atoms with Crippen LogP contribution in [0.3, 0.4) is 0 Å². The maximum absolute atomic E-state index is 12.0. The Balaban J connectivity index is 2.50. The number of ether oxygens (including phenoxy) is 1. The van der Waals surface area contributed by atoms with Gasteiger partial charge in [0.25, 0.3) is 0 Å². The zero-order valence-corrected chi connectivity index (χ0v) is 13.2. The van der Waals surface area contributed by atoms with Gasteiger partial charge in [-0.1, -0.05) is 12.1 Å². The van der Waals surface area contributed by atoms with Crippen LogP contribution in [0.15, 0.2) is 35.4 Å². The number of nitrogens with one attached hydrogen (secondary N) is 1. The molecule has 0 saturated carbocycles. The predicted molar refractivity (Wildman–Crippen MR) is 86.9 cm³/mol. The summed E-state index contributed by atoms with van der Waals surface area (Å²) in [4.78, 5) is 22.6. The van der Waals surface area contributed by atoms with Crippen molar-refractivity contribution in [2.24, 2.45) is 10.8 Å². The van der Waals surface area contributed by atoms with E-state index in [2.05, 4.69) is 10.5 Å². The Morgan fingerprint density at radius 3 is 2.65 bits per heavy atom. The Labute approximate surface area is 133 Å². The molecule has 0 aliphatic carbocycles. The van der Waals surface area contributed by atoms with Crippen LogP contribution in [-0.2, 0) is 4.74 Å². The van der Waals surface area contributed by atoms with E-state index in [4.69, 9.17) is 10.5 Å². The average molecular weight is 314 g/mol. The van der Waals surface area contributed by atoms with E-state index in [1.54, 1.807) is 12.1 Å². The van der Waals surface area contributed by atoms with E-state index in [-0.39, 0.29) is 0 Å². The first-order valence-corrected chi connectivity index (χ1v) is 6.91. The largest absolute Gasteiger partial charge is 0.465 e. The second-order valence-corrected chi connectivity index (χ2v) is 4.90. The van der Waals surface area contributed by atoms with Gasteiger partial charge in [0.05, 0.1) is 24.6 Å². The zero-order chi connectivity index (χ0) is 17.0. The maximum Gasteiger partial charge on any atom is 0.339 e. The summed E-state index contributed by atoms with van der Waals surface area (Å²) >= 11 is 0. The van der Waals surface area contributed by atoms with Gasteiger partial charge in [-0.15, -0.1) is 0 Å². The summed E-state index contributed by atoms with van der Waals surface area (Å²) in [7, 11) is 1.35. The van der Waals surface area contributed by atoms with E-state index in [0.29, 0.717) is 5.56 Å². The van der Waals surface area contributed by atoms with Gasteiger partial charge in [-0.2, -0.15) is 5.10 Å². The van der Waals surface area contributed by atoms with Crippen molar-refractivity contribution in [3.8, 4) is 5.69 Å². The van der Waals surface area contributed by atoms with E-state index >= 15 is 0 Å². The number of para-hydroxylation sites is 1. The number of nitrogens with zero attached hydrogens (tertiary/aromatic N) is 2. The number of hydrogen-bond acceptors (Lipinski definition) is 4. The smallest absolute Gasteiger partial charge is 0.339 e. The number of methoxy groups -OCH3 is 1. The number of aromatic nitrogens is 1. The first-order chi connectivity index (χ1) is 11.0. The Bertz CT molecular complexity index is 778. The minimum atomic E-state index is -0.730. The number of benzene rings is 1. The molecule has 0 saturated heterocycles. The first-order valence-electron chi connectivity index (χ1n) is 6.91. The molecular weight excluding hydrogens is 296 g/mol. The van der Waals surface area contributed by atoms with Gasteiger partial charge in [0.2, 0.25) is 0 Å². The van der Waals surface area contributed by atoms with Gasteiger partial charge >= 0.3 is 12.0 Å². The fourth-order valence-electron chi connectivity index (χ4n) is 2.41. The molecular formula is C16H18N4O3. The standard InChI is InChI=1S/C16H18N4O3/c1-10-8-12(9-18-19-16(17)22)11(2)20(10)14-7-5-4-6-13(14)15(21)23-3/h4-9H,1-3H3,(H3,17,19,22). The molecule has 0 aliphatic rings. The summed E-state index contributed by atoms with van der Waals surface area (Å²) in [6, 6.07) is 8.35. The highest BCUT2D eigenvalue weighted by molar-refractivity contribution is 5.94. The zero-order valence-electron chi connectivity index (χ0n) is 13.2. The fourth-order valence-corrected chi connectivity index (χ4v) is 2.41. The molecule has 2 amide bonds. The van der Waals surface area contributed by atoms with Gasteiger partial charge in [0, 0.05) is 17.0 Å². The third-order valence-electron chi connectivity index (χ3n) is 3.40. The fraction of sp³-hybridized carbons (Fsp3) is 0.188. The van der Waals surface area contributed by atoms with E-state index < -0.39 is 12.0 Å². The second-order valence-electron chi connectivity index (χ2n) is 4.90. The molecule has 0 bridgehead atoms. The molecule has 1 aromatic carbocycles. The van der Waals surface area contributed by atoms with Crippen LogP contribution in [-0.4, -0.2) is 29.9 Å². The SMILES string of the molecule is COC(=O)c1ccccc1-n1c(C)cc(C=NNC(N)=O)c1C. The second kappa shape index (κ2) is 6.78. The molecule has 0 fully saturated rings. The minimum Gasteiger partial charge on any atom is -0.465 e. The van der Waals surface area contributed by atoms with Crippen molar-refractivity contribution in [2.75, 3.05) is 7.11 Å². The van der Waals surface area contributed by atoms with Crippen LogP contribution in [0, 0.1) is 13.8 Å². The summed E-state index contributed by atoms with van der Waals surface area (Å²) in [5.41, 5.74) is 10.9. The number of hydrogen-bond donors (Lipinski definition) is 2. The molecule has 0 atom stereocenters. The van der Waals surface area contributed by atoms with E-state index in [1.165, 1.54) is 13.3 Å². The molecule has 23 heavy (non-hydrogen) atoms. The van der Waals surface area contributed by atoms with E-state index in [9.17, 15) is 9.59 Å². The maximum atomic E-state index is 12.0. The number of urea groups is 1. The average Bonchev–Trinajstić information content (AvgIpc) is 2.80. The van der Waals surface area contributed by atoms with E-state index in [0.717, 1.165) is 22.6 Å². The third kappa shape index (κ3) is 3.39. The normalized spacial score (nSPS) is 10.7. The van der Waals surface area contributed by atoms with Crippen molar-refractivity contribution in [3.63, 3.8) is 0 Å². The molecule has 2 rings (SSSR count). The van der Waals surface area contributed by atoms with Crippen molar-refractivity contribution >= 4 is 18.2 Å². The number of esters is 1. The van der Waals surface area contributed by atoms with Crippen molar-refractivity contribution < 1.29 is 14.3 Å². The summed E-state index contributed by atoms with van der Waals surface area (Å²) in [5.74, 6) is -0.404. The molecule has 3 N–H and O–H groups in total. The lowest BCUT2D eigenvalue weighted by molar-refractivity contribution is 0.0600. The topological polar surface area (TPSA) is 98.7 Å². The van der Waals surface area contributed by atoms with Gasteiger partial charge in [0.15, 0.2) is 0 Å². The molecule has 7 nitrogen and oxygen atoms in total. The third-order valence-corrected chi connectivity index (χ3v) is 3.40. The number of nitrogens with two attached hydrogens (primary N) is 1. The van der Waals surface area contributed by atoms with Crippen LogP contribution in [0.4, 0.5) is 4.79 Å². The molecule has 0 radical (unpaired) electrons. The Hall–Kier alpha value is -3.09. The van der Waals surface area contributed by atoms with Crippen molar-refractivity contribution in [3.05, 3.63) is 52.8 Å². The highest BCUT2D eigenvalue weighted by atomic mass is 16.5. The lowest BCUT2D eigenvalue weighted by Crippen LogP contribution is -2.24. The molecule has 1 heterocycles. The van der Waals surface area contributed by atoms with Crippen LogP contribution < -0.4 is 11.2 Å². The molecule has 0 spiro atoms. The minimum absolute atomic E-state index is 0.404. The van der Waals surface area contributed by atoms with Crippen molar-refractivity contribution in [2.45, 2.75) is 13.8 Å². The highest BCUT2D eigenvalue weighted by Crippen LogP contribution is 2.23. The van der Waals surface area contributed by atoms with Crippen molar-refractivity contribution in [1.82, 2.24) is 9.99 Å². The summed E-state index contributed by atoms with van der Waals surface area (Å²) in [6.07, 6.45) is 1.50. The van der Waals surface area contributed by atoms with Crippen LogP contribution in [0.2, 0.25) is 0 Å². The molecule has 0 unspecified atom stereocenters. The van der Waals surface area contributed by atoms with Crippen LogP contribution in [0.25, 0.3) is 5.69 Å². The van der Waals surface area contributed by atoms with Gasteiger partial charge in [0.1, 0.15) is 0 Å². The van der Waals surface area contributed by atoms with Gasteiger partial charge in [-0.05, 0) is 32.0 Å². The Kier molecular flexibility index (Phi) is 4.80. The quantitative estimate of drug-likeness (QED) is 0.512. The molecule has 1 aromatic heterocycles. The molecule has 2 aromatic rings. The Morgan fingerprint density at radius 1 is 1.30 bits per heavy atom. The lowest BCUT2D eigenvalue weighted by atomic mass is 10.1. The number of carbonyl (C=O) groups excluding carboxylic acids is 2. The number of hydrazone groups is 1. The van der Waals surface area contributed by atoms with Gasteiger partial charge in [-0.3, -0.25) is 0 Å². The van der Waals surface area contributed by atoms with E-state index in [1.807, 2.05) is 36.6 Å². The van der Waals surface area contributed by atoms with Gasteiger partial charge in [-0.25, -0.2) is 15.0 Å². The molecule has 0 aliphatic heterocycles. The lowest BCUT2D eigenvalue weighted by Gasteiger charge is -2.13. The first kappa shape index (κ1) is 16.3. The summed E-state index contributed by atoms with van der Waals surface area (Å²) in [5, 5.41) is 3.77. The van der Waals surface area contributed by atoms with Crippen molar-refractivity contribution in [1.29, 1.82) is 0 Å². The number of rotatable bonds is 4. The number of amides is 2. The van der Waals surface area contributed by atoms with Crippen LogP contribution >= 0.6 is 0 Å². The molecule has 7 heteroatoms. The Morgan fingerprint density at radius 2 is 2.00 bits per heavy atom. The summed E-state index contributed by atoms with van der Waals surface area (Å²) < 4.78 is 6.76. The predicted octanol–water partition coefficient (Wildman–Crippen LogP) is 1.88.